The monoisotopic (exact) mass is 430 g/mol. The van der Waals surface area contributed by atoms with Crippen molar-refractivity contribution in [1.82, 2.24) is 0 Å². The molecule has 0 atom stereocenters. The highest BCUT2D eigenvalue weighted by molar-refractivity contribution is 5.76. The van der Waals surface area contributed by atoms with Crippen molar-refractivity contribution < 1.29 is 42.7 Å². The molecule has 0 aromatic heterocycles. The van der Waals surface area contributed by atoms with E-state index >= 15 is 0 Å². The minimum atomic E-state index is 0.353. The molecule has 0 saturated heterocycles. The van der Waals surface area contributed by atoms with Gasteiger partial charge >= 0.3 is 0 Å². The van der Waals surface area contributed by atoms with Crippen molar-refractivity contribution in [2.45, 2.75) is 0 Å². The lowest BCUT2D eigenvalue weighted by Gasteiger charge is -2.11. The molecule has 0 unspecified atom stereocenters. The fourth-order valence-corrected chi connectivity index (χ4v) is 2.19. The summed E-state index contributed by atoms with van der Waals surface area (Å²) in [4.78, 5) is 11.2. The second-order valence-electron chi connectivity index (χ2n) is 5.99. The number of hydrogen-bond donors (Lipinski definition) is 0. The van der Waals surface area contributed by atoms with Crippen molar-refractivity contribution in [3.8, 4) is 11.5 Å². The van der Waals surface area contributed by atoms with Crippen molar-refractivity contribution in [3.63, 3.8) is 0 Å². The normalized spacial score (nSPS) is 10.9. The summed E-state index contributed by atoms with van der Waals surface area (Å²) < 4.78 is 42.5. The molecule has 1 aromatic rings. The summed E-state index contributed by atoms with van der Waals surface area (Å²) in [7, 11) is 3.26. The first kappa shape index (κ1) is 26.3. The number of carbonyl (C=O) groups excluding carboxylic acids is 1. The second kappa shape index (κ2) is 19.2. The topological polar surface area (TPSA) is 90.9 Å². The molecular weight excluding hydrogens is 396 g/mol. The van der Waals surface area contributed by atoms with E-state index in [1.165, 1.54) is 0 Å². The molecule has 9 nitrogen and oxygen atoms in total. The summed E-state index contributed by atoms with van der Waals surface area (Å²) in [5.74, 6) is 1.09. The lowest BCUT2D eigenvalue weighted by molar-refractivity contribution is 0.0174. The number of carbonyl (C=O) groups is 1. The van der Waals surface area contributed by atoms with Gasteiger partial charge in [0, 0.05) is 25.8 Å². The molecule has 9 heteroatoms. The molecule has 0 amide bonds. The predicted octanol–water partition coefficient (Wildman–Crippen LogP) is 1.62. The van der Waals surface area contributed by atoms with E-state index in [0.717, 1.165) is 6.29 Å². The van der Waals surface area contributed by atoms with Crippen molar-refractivity contribution in [2.75, 3.05) is 93.5 Å². The molecule has 0 fully saturated rings. The zero-order valence-corrected chi connectivity index (χ0v) is 18.0. The number of aldehydes is 1. The highest BCUT2D eigenvalue weighted by Crippen LogP contribution is 2.22. The molecule has 0 N–H and O–H groups in total. The summed E-state index contributed by atoms with van der Waals surface area (Å²) in [6.07, 6.45) is 0.751. The molecule has 1 rings (SSSR count). The SMILES string of the molecule is COCCOCCOCCOc1cc(C=O)cc(OCCOCCOCCOC)c1. The van der Waals surface area contributed by atoms with Gasteiger partial charge in [-0.15, -0.1) is 0 Å². The third-order valence-electron chi connectivity index (χ3n) is 3.64. The van der Waals surface area contributed by atoms with Crippen LogP contribution in [0.25, 0.3) is 0 Å². The zero-order valence-electron chi connectivity index (χ0n) is 18.0. The molecule has 0 saturated carbocycles. The smallest absolute Gasteiger partial charge is 0.150 e. The molecule has 30 heavy (non-hydrogen) atoms. The lowest BCUT2D eigenvalue weighted by Crippen LogP contribution is -2.13. The largest absolute Gasteiger partial charge is 0.491 e. The van der Waals surface area contributed by atoms with E-state index in [-0.39, 0.29) is 0 Å². The van der Waals surface area contributed by atoms with Crippen molar-refractivity contribution in [3.05, 3.63) is 23.8 Å². The van der Waals surface area contributed by atoms with Crippen LogP contribution in [0.15, 0.2) is 18.2 Å². The molecule has 0 spiro atoms. The van der Waals surface area contributed by atoms with Crippen LogP contribution in [0.3, 0.4) is 0 Å². The van der Waals surface area contributed by atoms with Gasteiger partial charge in [0.25, 0.3) is 0 Å². The Kier molecular flexibility index (Phi) is 16.8. The Balaban J connectivity index is 2.18. The van der Waals surface area contributed by atoms with Crippen LogP contribution in [0.2, 0.25) is 0 Å². The van der Waals surface area contributed by atoms with Gasteiger partial charge in [-0.3, -0.25) is 4.79 Å². The predicted molar refractivity (Wildman–Crippen MR) is 110 cm³/mol. The Morgan fingerprint density at radius 2 is 0.933 bits per heavy atom. The third kappa shape index (κ3) is 14.3. The van der Waals surface area contributed by atoms with Crippen LogP contribution in [-0.4, -0.2) is 99.8 Å². The van der Waals surface area contributed by atoms with Crippen LogP contribution < -0.4 is 9.47 Å². The molecule has 172 valence electrons. The fraction of sp³-hybridized carbons (Fsp3) is 0.667. The average Bonchev–Trinajstić information content (AvgIpc) is 2.76. The minimum Gasteiger partial charge on any atom is -0.491 e. The molecule has 0 bridgehead atoms. The van der Waals surface area contributed by atoms with E-state index in [1.807, 2.05) is 0 Å². The van der Waals surface area contributed by atoms with Gasteiger partial charge < -0.3 is 37.9 Å². The molecular formula is C21H34O9. The Labute approximate surface area is 178 Å². The molecule has 0 aliphatic heterocycles. The van der Waals surface area contributed by atoms with E-state index < -0.39 is 0 Å². The fourth-order valence-electron chi connectivity index (χ4n) is 2.19. The summed E-state index contributed by atoms with van der Waals surface area (Å²) in [5.41, 5.74) is 0.474. The van der Waals surface area contributed by atoms with E-state index in [0.29, 0.717) is 96.3 Å². The van der Waals surface area contributed by atoms with Gasteiger partial charge in [0.15, 0.2) is 0 Å². The Bertz CT molecular complexity index is 499. The summed E-state index contributed by atoms with van der Waals surface area (Å²) >= 11 is 0. The van der Waals surface area contributed by atoms with Crippen molar-refractivity contribution in [2.24, 2.45) is 0 Å². The van der Waals surface area contributed by atoms with Crippen molar-refractivity contribution >= 4 is 6.29 Å². The number of hydrogen-bond acceptors (Lipinski definition) is 9. The van der Waals surface area contributed by atoms with E-state index in [1.54, 1.807) is 32.4 Å². The highest BCUT2D eigenvalue weighted by Gasteiger charge is 2.04. The van der Waals surface area contributed by atoms with Crippen LogP contribution in [0.4, 0.5) is 0 Å². The first-order valence-corrected chi connectivity index (χ1v) is 9.95. The van der Waals surface area contributed by atoms with E-state index in [4.69, 9.17) is 37.9 Å². The first-order chi connectivity index (χ1) is 14.8. The maximum atomic E-state index is 11.2. The van der Waals surface area contributed by atoms with Gasteiger partial charge in [-0.25, -0.2) is 0 Å². The molecule has 0 heterocycles. The first-order valence-electron chi connectivity index (χ1n) is 9.95. The Hall–Kier alpha value is -1.75. The molecule has 0 aliphatic carbocycles. The zero-order chi connectivity index (χ0) is 21.7. The van der Waals surface area contributed by atoms with Gasteiger partial charge in [0.1, 0.15) is 31.0 Å². The Morgan fingerprint density at radius 3 is 1.30 bits per heavy atom. The van der Waals surface area contributed by atoms with E-state index in [2.05, 4.69) is 0 Å². The Morgan fingerprint density at radius 1 is 0.567 bits per heavy atom. The average molecular weight is 430 g/mol. The quantitative estimate of drug-likeness (QED) is 0.213. The van der Waals surface area contributed by atoms with Crippen LogP contribution in [0, 0.1) is 0 Å². The molecule has 0 radical (unpaired) electrons. The number of benzene rings is 1. The van der Waals surface area contributed by atoms with Crippen LogP contribution in [0.1, 0.15) is 10.4 Å². The van der Waals surface area contributed by atoms with Crippen LogP contribution >= 0.6 is 0 Å². The second-order valence-corrected chi connectivity index (χ2v) is 5.99. The maximum absolute atomic E-state index is 11.2. The summed E-state index contributed by atoms with van der Waals surface area (Å²) in [6, 6.07) is 5.04. The van der Waals surface area contributed by atoms with Crippen molar-refractivity contribution in [1.29, 1.82) is 0 Å². The summed E-state index contributed by atoms with van der Waals surface area (Å²) in [6.45, 7) is 5.72. The van der Waals surface area contributed by atoms with Gasteiger partial charge in [0.05, 0.1) is 66.1 Å². The summed E-state index contributed by atoms with van der Waals surface area (Å²) in [5, 5.41) is 0. The highest BCUT2D eigenvalue weighted by atomic mass is 16.6. The standard InChI is InChI=1S/C21H34O9/c1-23-3-5-25-7-9-27-11-13-29-20-15-19(18-22)16-21(17-20)30-14-12-28-10-8-26-6-4-24-2/h15-18H,3-14H2,1-2H3. The van der Waals surface area contributed by atoms with Gasteiger partial charge in [-0.05, 0) is 12.1 Å². The molecule has 1 aromatic carbocycles. The molecule has 0 aliphatic rings. The van der Waals surface area contributed by atoms with Gasteiger partial charge in [-0.2, -0.15) is 0 Å². The number of methoxy groups -OCH3 is 2. The third-order valence-corrected chi connectivity index (χ3v) is 3.64. The van der Waals surface area contributed by atoms with Gasteiger partial charge in [-0.1, -0.05) is 0 Å². The van der Waals surface area contributed by atoms with Crippen LogP contribution in [0.5, 0.6) is 11.5 Å². The minimum absolute atomic E-state index is 0.353. The van der Waals surface area contributed by atoms with E-state index in [9.17, 15) is 4.79 Å². The number of rotatable bonds is 21. The lowest BCUT2D eigenvalue weighted by atomic mass is 10.2. The van der Waals surface area contributed by atoms with Crippen LogP contribution in [-0.2, 0) is 28.4 Å². The number of ether oxygens (including phenoxy) is 8. The van der Waals surface area contributed by atoms with Gasteiger partial charge in [0.2, 0.25) is 0 Å². The maximum Gasteiger partial charge on any atom is 0.150 e.